The topological polar surface area (TPSA) is 43.1 Å². The number of benzene rings is 1. The Kier molecular flexibility index (Phi) is 4.10. The number of hydrogen-bond donors (Lipinski definition) is 2. The first kappa shape index (κ1) is 11.2. The lowest BCUT2D eigenvalue weighted by molar-refractivity contribution is -0.112. The monoisotopic (exact) mass is 213 g/mol. The molecule has 4 heteroatoms. The molecule has 0 aromatic heterocycles. The fourth-order valence-corrected chi connectivity index (χ4v) is 1.26. The fraction of sp³-hybridized carbons (Fsp3) is 0.300. The summed E-state index contributed by atoms with van der Waals surface area (Å²) in [5.74, 6) is -0.258. The third-order valence-electron chi connectivity index (χ3n) is 2.00. The Morgan fingerprint density at radius 3 is 2.71 bits per heavy atom. The minimum absolute atomic E-state index is 0.258. The molecule has 0 radical (unpaired) electrons. The average molecular weight is 213 g/mol. The lowest BCUT2D eigenvalue weighted by Gasteiger charge is -2.07. The Labute approximate surface area is 87.7 Å². The third kappa shape index (κ3) is 3.12. The number of thiol groups is 1. The van der Waals surface area contributed by atoms with Gasteiger partial charge in [0.1, 0.15) is 5.82 Å². The number of halogens is 1. The quantitative estimate of drug-likeness (QED) is 0.745. The third-order valence-corrected chi connectivity index (χ3v) is 2.33. The highest BCUT2D eigenvalue weighted by Gasteiger charge is 2.10. The van der Waals surface area contributed by atoms with Crippen LogP contribution in [0.15, 0.2) is 24.3 Å². The zero-order valence-corrected chi connectivity index (χ0v) is 8.51. The van der Waals surface area contributed by atoms with E-state index in [0.29, 0.717) is 18.4 Å². The van der Waals surface area contributed by atoms with E-state index < -0.39 is 6.04 Å². The maximum Gasteiger partial charge on any atom is 0.202 e. The molecule has 0 saturated heterocycles. The van der Waals surface area contributed by atoms with E-state index >= 15 is 0 Å². The predicted molar refractivity (Wildman–Crippen MR) is 56.7 cm³/mol. The van der Waals surface area contributed by atoms with Gasteiger partial charge in [-0.15, -0.1) is 12.6 Å². The molecule has 14 heavy (non-hydrogen) atoms. The number of hydrogen-bond acceptors (Lipinski definition) is 2. The predicted octanol–water partition coefficient (Wildman–Crippen LogP) is 1.54. The summed E-state index contributed by atoms with van der Waals surface area (Å²) in [7, 11) is 0. The number of aryl methyl sites for hydroxylation is 1. The van der Waals surface area contributed by atoms with Crippen molar-refractivity contribution in [3.63, 3.8) is 0 Å². The molecule has 0 aliphatic carbocycles. The first-order valence-electron chi connectivity index (χ1n) is 4.33. The average Bonchev–Trinajstić information content (AvgIpc) is 2.16. The molecule has 2 N–H and O–H groups in total. The van der Waals surface area contributed by atoms with Crippen LogP contribution < -0.4 is 5.73 Å². The minimum atomic E-state index is -0.613. The Morgan fingerprint density at radius 1 is 1.50 bits per heavy atom. The second-order valence-electron chi connectivity index (χ2n) is 3.07. The molecule has 0 bridgehead atoms. The fourth-order valence-electron chi connectivity index (χ4n) is 1.14. The van der Waals surface area contributed by atoms with Crippen molar-refractivity contribution in [2.75, 3.05) is 0 Å². The highest BCUT2D eigenvalue weighted by molar-refractivity contribution is 7.96. The van der Waals surface area contributed by atoms with Gasteiger partial charge >= 0.3 is 0 Å². The van der Waals surface area contributed by atoms with E-state index in [1.165, 1.54) is 6.07 Å². The van der Waals surface area contributed by atoms with E-state index in [-0.39, 0.29) is 10.9 Å². The van der Waals surface area contributed by atoms with Gasteiger partial charge in [-0.1, -0.05) is 18.2 Å². The first-order chi connectivity index (χ1) is 6.61. The molecule has 0 aliphatic rings. The molecular weight excluding hydrogens is 201 g/mol. The summed E-state index contributed by atoms with van der Waals surface area (Å²) in [5, 5.41) is -0.360. The number of carbonyl (C=O) groups is 1. The Hall–Kier alpha value is -0.870. The first-order valence-corrected chi connectivity index (χ1v) is 4.78. The molecule has 1 atom stereocenters. The van der Waals surface area contributed by atoms with Gasteiger partial charge in [0.05, 0.1) is 6.04 Å². The molecule has 0 saturated carbocycles. The molecule has 0 aliphatic heterocycles. The van der Waals surface area contributed by atoms with Crippen molar-refractivity contribution in [3.8, 4) is 0 Å². The smallest absolute Gasteiger partial charge is 0.202 e. The van der Waals surface area contributed by atoms with Gasteiger partial charge in [0.25, 0.3) is 0 Å². The maximum atomic E-state index is 13.1. The summed E-state index contributed by atoms with van der Waals surface area (Å²) >= 11 is 3.61. The molecule has 0 fully saturated rings. The summed E-state index contributed by atoms with van der Waals surface area (Å²) in [6.45, 7) is 0. The molecule has 0 spiro atoms. The summed E-state index contributed by atoms with van der Waals surface area (Å²) in [4.78, 5) is 10.7. The van der Waals surface area contributed by atoms with Gasteiger partial charge in [0, 0.05) is 0 Å². The molecular formula is C10H12FNOS. The van der Waals surface area contributed by atoms with Gasteiger partial charge in [-0.2, -0.15) is 0 Å². The SMILES string of the molecule is N[C@@H](CCc1ccccc1F)C(=O)S. The van der Waals surface area contributed by atoms with Gasteiger partial charge in [0.15, 0.2) is 0 Å². The molecule has 0 amide bonds. The molecule has 76 valence electrons. The molecule has 1 rings (SSSR count). The van der Waals surface area contributed by atoms with Crippen LogP contribution in [0.1, 0.15) is 12.0 Å². The van der Waals surface area contributed by atoms with Crippen molar-refractivity contribution < 1.29 is 9.18 Å². The summed E-state index contributed by atoms with van der Waals surface area (Å²) in [6.07, 6.45) is 0.878. The molecule has 1 aromatic carbocycles. The van der Waals surface area contributed by atoms with Crippen molar-refractivity contribution in [2.24, 2.45) is 5.73 Å². The summed E-state index contributed by atoms with van der Waals surface area (Å²) < 4.78 is 13.1. The van der Waals surface area contributed by atoms with Crippen LogP contribution in [0, 0.1) is 5.82 Å². The molecule has 0 unspecified atom stereocenters. The van der Waals surface area contributed by atoms with Crippen LogP contribution in [0.5, 0.6) is 0 Å². The van der Waals surface area contributed by atoms with E-state index in [1.54, 1.807) is 18.2 Å². The Bertz CT molecular complexity index is 330. The van der Waals surface area contributed by atoms with E-state index in [0.717, 1.165) is 0 Å². The lowest BCUT2D eigenvalue weighted by Crippen LogP contribution is -2.27. The van der Waals surface area contributed by atoms with Crippen molar-refractivity contribution in [3.05, 3.63) is 35.6 Å². The van der Waals surface area contributed by atoms with Crippen LogP contribution in [0.3, 0.4) is 0 Å². The Balaban J connectivity index is 2.54. The molecule has 1 aromatic rings. The molecule has 2 nitrogen and oxygen atoms in total. The second-order valence-corrected chi connectivity index (χ2v) is 3.52. The highest BCUT2D eigenvalue weighted by atomic mass is 32.1. The number of rotatable bonds is 4. The van der Waals surface area contributed by atoms with E-state index in [4.69, 9.17) is 5.73 Å². The summed E-state index contributed by atoms with van der Waals surface area (Å²) in [5.41, 5.74) is 6.05. The van der Waals surface area contributed by atoms with Crippen LogP contribution in [-0.4, -0.2) is 11.2 Å². The zero-order chi connectivity index (χ0) is 10.6. The zero-order valence-electron chi connectivity index (χ0n) is 7.61. The second kappa shape index (κ2) is 5.12. The van der Waals surface area contributed by atoms with Crippen LogP contribution >= 0.6 is 12.6 Å². The number of carbonyl (C=O) groups excluding carboxylic acids is 1. The largest absolute Gasteiger partial charge is 0.321 e. The van der Waals surface area contributed by atoms with Crippen molar-refractivity contribution in [1.29, 1.82) is 0 Å². The van der Waals surface area contributed by atoms with Gasteiger partial charge in [0.2, 0.25) is 5.12 Å². The number of nitrogens with two attached hydrogens (primary N) is 1. The van der Waals surface area contributed by atoms with Crippen molar-refractivity contribution in [2.45, 2.75) is 18.9 Å². The van der Waals surface area contributed by atoms with Crippen LogP contribution in [0.25, 0.3) is 0 Å². The normalized spacial score (nSPS) is 12.5. The van der Waals surface area contributed by atoms with E-state index in [2.05, 4.69) is 12.6 Å². The van der Waals surface area contributed by atoms with E-state index in [1.807, 2.05) is 0 Å². The van der Waals surface area contributed by atoms with Gasteiger partial charge in [-0.05, 0) is 24.5 Å². The van der Waals surface area contributed by atoms with E-state index in [9.17, 15) is 9.18 Å². The summed E-state index contributed by atoms with van der Waals surface area (Å²) in [6, 6.07) is 5.85. The lowest BCUT2D eigenvalue weighted by atomic mass is 10.1. The minimum Gasteiger partial charge on any atom is -0.321 e. The Morgan fingerprint density at radius 2 is 2.14 bits per heavy atom. The van der Waals surface area contributed by atoms with Crippen molar-refractivity contribution >= 4 is 17.7 Å². The standard InChI is InChI=1S/C10H12FNOS/c11-8-4-2-1-3-7(8)5-6-9(12)10(13)14/h1-4,9H,5-6,12H2,(H,13,14)/t9-/m0/s1. The molecule has 0 heterocycles. The van der Waals surface area contributed by atoms with Gasteiger partial charge < -0.3 is 5.73 Å². The maximum absolute atomic E-state index is 13.1. The highest BCUT2D eigenvalue weighted by Crippen LogP contribution is 2.10. The van der Waals surface area contributed by atoms with Crippen LogP contribution in [0.4, 0.5) is 4.39 Å². The van der Waals surface area contributed by atoms with Crippen LogP contribution in [-0.2, 0) is 11.2 Å². The van der Waals surface area contributed by atoms with Crippen molar-refractivity contribution in [1.82, 2.24) is 0 Å². The van der Waals surface area contributed by atoms with Gasteiger partial charge in [-0.25, -0.2) is 4.39 Å². The van der Waals surface area contributed by atoms with Crippen LogP contribution in [0.2, 0.25) is 0 Å². The van der Waals surface area contributed by atoms with Gasteiger partial charge in [-0.3, -0.25) is 4.79 Å².